The van der Waals surface area contributed by atoms with Crippen LogP contribution in [0.1, 0.15) is 84.1 Å². The Kier molecular flexibility index (Phi) is 7.34. The van der Waals surface area contributed by atoms with E-state index < -0.39 is 17.6 Å². The van der Waals surface area contributed by atoms with Crippen molar-refractivity contribution in [2.24, 2.45) is 18.4 Å². The predicted molar refractivity (Wildman–Crippen MR) is 132 cm³/mol. The quantitative estimate of drug-likeness (QED) is 0.464. The van der Waals surface area contributed by atoms with E-state index in [9.17, 15) is 18.8 Å². The van der Waals surface area contributed by atoms with Gasteiger partial charge in [0.25, 0.3) is 17.6 Å². The van der Waals surface area contributed by atoms with Crippen LogP contribution in [-0.4, -0.2) is 28.2 Å². The SMILES string of the molecule is Cc1cc(NC(=O)c2c(C)c(C(=O)C(=O)NC3CCC(C(C)(C)C)CC3)n(C)c2C)ccc1F. The molecule has 0 spiro atoms. The van der Waals surface area contributed by atoms with Gasteiger partial charge in [-0.1, -0.05) is 20.8 Å². The Morgan fingerprint density at radius 2 is 1.65 bits per heavy atom. The maximum atomic E-state index is 13.6. The summed E-state index contributed by atoms with van der Waals surface area (Å²) in [5.74, 6) is -1.42. The third-order valence-corrected chi connectivity index (χ3v) is 7.28. The van der Waals surface area contributed by atoms with Crippen molar-refractivity contribution >= 4 is 23.3 Å². The van der Waals surface area contributed by atoms with Crippen molar-refractivity contribution in [3.63, 3.8) is 0 Å². The Morgan fingerprint density at radius 3 is 2.21 bits per heavy atom. The Hall–Kier alpha value is -2.96. The van der Waals surface area contributed by atoms with Crippen LogP contribution in [0.2, 0.25) is 0 Å². The molecule has 0 saturated heterocycles. The lowest BCUT2D eigenvalue weighted by molar-refractivity contribution is -0.118. The van der Waals surface area contributed by atoms with Crippen molar-refractivity contribution in [1.29, 1.82) is 0 Å². The highest BCUT2D eigenvalue weighted by atomic mass is 19.1. The lowest BCUT2D eigenvalue weighted by atomic mass is 9.71. The number of anilines is 1. The van der Waals surface area contributed by atoms with Gasteiger partial charge in [-0.25, -0.2) is 4.39 Å². The van der Waals surface area contributed by atoms with E-state index in [1.165, 1.54) is 12.1 Å². The van der Waals surface area contributed by atoms with Crippen molar-refractivity contribution in [3.05, 3.63) is 52.1 Å². The highest BCUT2D eigenvalue weighted by Gasteiger charge is 2.33. The third-order valence-electron chi connectivity index (χ3n) is 7.28. The van der Waals surface area contributed by atoms with Crippen LogP contribution in [0.5, 0.6) is 0 Å². The molecule has 0 radical (unpaired) electrons. The molecule has 1 saturated carbocycles. The molecule has 0 aliphatic heterocycles. The van der Waals surface area contributed by atoms with E-state index >= 15 is 0 Å². The van der Waals surface area contributed by atoms with Crippen molar-refractivity contribution in [2.75, 3.05) is 5.32 Å². The molecule has 34 heavy (non-hydrogen) atoms. The van der Waals surface area contributed by atoms with Gasteiger partial charge in [0.1, 0.15) is 5.82 Å². The number of rotatable bonds is 5. The van der Waals surface area contributed by atoms with Crippen LogP contribution >= 0.6 is 0 Å². The second-order valence-electron chi connectivity index (χ2n) is 10.6. The van der Waals surface area contributed by atoms with Gasteiger partial charge in [-0.15, -0.1) is 0 Å². The molecule has 1 fully saturated rings. The minimum Gasteiger partial charge on any atom is -0.346 e. The van der Waals surface area contributed by atoms with Crippen LogP contribution in [0, 0.1) is 37.9 Å². The van der Waals surface area contributed by atoms with E-state index in [1.807, 2.05) is 0 Å². The molecule has 3 rings (SSSR count). The number of benzene rings is 1. The molecule has 2 amide bonds. The summed E-state index contributed by atoms with van der Waals surface area (Å²) in [6.45, 7) is 11.8. The van der Waals surface area contributed by atoms with Crippen LogP contribution in [-0.2, 0) is 11.8 Å². The Morgan fingerprint density at radius 1 is 1.03 bits per heavy atom. The Bertz CT molecular complexity index is 1120. The van der Waals surface area contributed by atoms with Gasteiger partial charge >= 0.3 is 0 Å². The summed E-state index contributed by atoms with van der Waals surface area (Å²) in [4.78, 5) is 38.9. The van der Waals surface area contributed by atoms with Crippen LogP contribution in [0.4, 0.5) is 10.1 Å². The maximum Gasteiger partial charge on any atom is 0.294 e. The van der Waals surface area contributed by atoms with Gasteiger partial charge in [-0.05, 0) is 87.1 Å². The average molecular weight is 470 g/mol. The van der Waals surface area contributed by atoms with E-state index in [1.54, 1.807) is 38.5 Å². The zero-order chi connectivity index (χ0) is 25.4. The number of ketones is 1. The number of hydrogen-bond donors (Lipinski definition) is 2. The fourth-order valence-corrected chi connectivity index (χ4v) is 5.01. The summed E-state index contributed by atoms with van der Waals surface area (Å²) >= 11 is 0. The average Bonchev–Trinajstić information content (AvgIpc) is 2.98. The first kappa shape index (κ1) is 25.7. The van der Waals surface area contributed by atoms with Gasteiger partial charge in [0, 0.05) is 24.5 Å². The number of hydrogen-bond acceptors (Lipinski definition) is 3. The fraction of sp³-hybridized carbons (Fsp3) is 0.519. The normalized spacial score (nSPS) is 18.5. The molecule has 1 aliphatic rings. The molecule has 1 heterocycles. The molecular formula is C27H36FN3O3. The van der Waals surface area contributed by atoms with Crippen molar-refractivity contribution in [2.45, 2.75) is 73.3 Å². The van der Waals surface area contributed by atoms with Gasteiger partial charge in [-0.3, -0.25) is 14.4 Å². The molecule has 6 nitrogen and oxygen atoms in total. The molecule has 2 aromatic rings. The lowest BCUT2D eigenvalue weighted by Gasteiger charge is -2.37. The number of halogens is 1. The van der Waals surface area contributed by atoms with Gasteiger partial charge in [-0.2, -0.15) is 0 Å². The van der Waals surface area contributed by atoms with Crippen molar-refractivity contribution in [1.82, 2.24) is 9.88 Å². The van der Waals surface area contributed by atoms with E-state index in [4.69, 9.17) is 0 Å². The van der Waals surface area contributed by atoms with E-state index in [-0.39, 0.29) is 23.0 Å². The first-order valence-corrected chi connectivity index (χ1v) is 11.9. The minimum absolute atomic E-state index is 0.0128. The summed E-state index contributed by atoms with van der Waals surface area (Å²) in [6, 6.07) is 4.32. The number of nitrogens with zero attached hydrogens (tertiary/aromatic N) is 1. The van der Waals surface area contributed by atoms with Gasteiger partial charge in [0.15, 0.2) is 0 Å². The van der Waals surface area contributed by atoms with Crippen LogP contribution in [0.3, 0.4) is 0 Å². The number of aryl methyl sites for hydroxylation is 1. The molecule has 1 aromatic heterocycles. The van der Waals surface area contributed by atoms with Crippen molar-refractivity contribution in [3.8, 4) is 0 Å². The summed E-state index contributed by atoms with van der Waals surface area (Å²) in [5.41, 5.74) is 2.70. The van der Waals surface area contributed by atoms with Gasteiger partial charge in [0.05, 0.1) is 11.3 Å². The van der Waals surface area contributed by atoms with E-state index in [0.29, 0.717) is 34.0 Å². The van der Waals surface area contributed by atoms with Crippen LogP contribution in [0.25, 0.3) is 0 Å². The maximum absolute atomic E-state index is 13.6. The molecule has 0 unspecified atom stereocenters. The summed E-state index contributed by atoms with van der Waals surface area (Å²) in [5, 5.41) is 5.68. The van der Waals surface area contributed by atoms with Gasteiger partial charge < -0.3 is 15.2 Å². The molecule has 0 atom stereocenters. The fourth-order valence-electron chi connectivity index (χ4n) is 5.01. The first-order chi connectivity index (χ1) is 15.8. The summed E-state index contributed by atoms with van der Waals surface area (Å²) < 4.78 is 15.2. The third kappa shape index (κ3) is 5.24. The molecule has 1 aromatic carbocycles. The zero-order valence-electron chi connectivity index (χ0n) is 21.3. The Balaban J connectivity index is 1.74. The number of carbonyl (C=O) groups excluding carboxylic acids is 3. The number of amides is 2. The molecule has 1 aliphatic carbocycles. The molecule has 2 N–H and O–H groups in total. The number of nitrogens with one attached hydrogen (secondary N) is 2. The predicted octanol–water partition coefficient (Wildman–Crippen LogP) is 5.25. The van der Waals surface area contributed by atoms with Crippen molar-refractivity contribution < 1.29 is 18.8 Å². The monoisotopic (exact) mass is 469 g/mol. The largest absolute Gasteiger partial charge is 0.346 e. The second kappa shape index (κ2) is 9.72. The van der Waals surface area contributed by atoms with Crippen LogP contribution in [0.15, 0.2) is 18.2 Å². The molecule has 184 valence electrons. The first-order valence-electron chi connectivity index (χ1n) is 11.9. The summed E-state index contributed by atoms with van der Waals surface area (Å²) in [6.07, 6.45) is 3.77. The van der Waals surface area contributed by atoms with Crippen LogP contribution < -0.4 is 10.6 Å². The molecule has 7 heteroatoms. The Labute approximate surface area is 201 Å². The minimum atomic E-state index is -0.641. The van der Waals surface area contributed by atoms with E-state index in [0.717, 1.165) is 25.7 Å². The standard InChI is InChI=1S/C27H36FN3O3/c1-15-14-20(12-13-21(15)28)30-25(33)22-16(2)23(31(7)17(22)3)24(32)26(34)29-19-10-8-18(9-11-19)27(4,5)6/h12-14,18-19H,8-11H2,1-7H3,(H,29,34)(H,30,33). The highest BCUT2D eigenvalue weighted by Crippen LogP contribution is 2.37. The number of Topliss-reactive ketones (excluding diaryl/α,β-unsaturated/α-hetero) is 1. The molecule has 0 bridgehead atoms. The van der Waals surface area contributed by atoms with E-state index in [2.05, 4.69) is 31.4 Å². The van der Waals surface area contributed by atoms with Gasteiger partial charge in [0.2, 0.25) is 0 Å². The lowest BCUT2D eigenvalue weighted by Crippen LogP contribution is -2.43. The zero-order valence-corrected chi connectivity index (χ0v) is 21.3. The summed E-state index contributed by atoms with van der Waals surface area (Å²) in [7, 11) is 1.68. The molecular weight excluding hydrogens is 433 g/mol. The number of aromatic nitrogens is 1. The topological polar surface area (TPSA) is 80.2 Å². The smallest absolute Gasteiger partial charge is 0.294 e. The number of carbonyl (C=O) groups is 3. The second-order valence-corrected chi connectivity index (χ2v) is 10.6. The highest BCUT2D eigenvalue weighted by molar-refractivity contribution is 6.43.